The Morgan fingerprint density at radius 1 is 1.20 bits per heavy atom. The number of hydrogen-bond acceptors (Lipinski definition) is 2. The number of rotatable bonds is 9. The molecule has 0 aliphatic heterocycles. The average Bonchev–Trinajstić information content (AvgIpc) is 2.42. The van der Waals surface area contributed by atoms with Crippen molar-refractivity contribution in [2.45, 2.75) is 59.3 Å². The Labute approximate surface area is 123 Å². The van der Waals surface area contributed by atoms with Gasteiger partial charge in [-0.05, 0) is 42.5 Å². The van der Waals surface area contributed by atoms with Crippen LogP contribution in [0.3, 0.4) is 0 Å². The fraction of sp³-hybridized carbons (Fsp3) is 0.611. The quantitative estimate of drug-likeness (QED) is 0.466. The van der Waals surface area contributed by atoms with Crippen LogP contribution in [0.2, 0.25) is 0 Å². The molecular formula is C18H28O2. The van der Waals surface area contributed by atoms with Crippen LogP contribution in [0.5, 0.6) is 5.75 Å². The fourth-order valence-corrected chi connectivity index (χ4v) is 2.38. The zero-order valence-electron chi connectivity index (χ0n) is 13.4. The second-order valence-corrected chi connectivity index (χ2v) is 5.86. The molecule has 0 radical (unpaired) electrons. The van der Waals surface area contributed by atoms with Crippen molar-refractivity contribution in [1.82, 2.24) is 0 Å². The van der Waals surface area contributed by atoms with Crippen LogP contribution in [0.15, 0.2) is 18.2 Å². The van der Waals surface area contributed by atoms with Crippen LogP contribution in [0.1, 0.15) is 68.8 Å². The number of carbonyl (C=O) groups excluding carboxylic acids is 1. The Bertz CT molecular complexity index is 421. The number of methoxy groups -OCH3 is 1. The maximum absolute atomic E-state index is 12.1. The molecule has 2 heteroatoms. The van der Waals surface area contributed by atoms with E-state index in [4.69, 9.17) is 4.74 Å². The summed E-state index contributed by atoms with van der Waals surface area (Å²) in [6.45, 7) is 6.37. The van der Waals surface area contributed by atoms with Gasteiger partial charge in [0.25, 0.3) is 0 Å². The van der Waals surface area contributed by atoms with Gasteiger partial charge in [0.1, 0.15) is 5.75 Å². The Morgan fingerprint density at radius 3 is 2.55 bits per heavy atom. The first-order chi connectivity index (χ1) is 9.58. The molecule has 0 unspecified atom stereocenters. The van der Waals surface area contributed by atoms with Gasteiger partial charge in [-0.25, -0.2) is 0 Å². The van der Waals surface area contributed by atoms with Crippen LogP contribution in [-0.2, 0) is 6.42 Å². The molecule has 1 aromatic carbocycles. The van der Waals surface area contributed by atoms with Gasteiger partial charge in [-0.15, -0.1) is 0 Å². The number of aryl methyl sites for hydroxylation is 1. The largest absolute Gasteiger partial charge is 0.496 e. The third-order valence-electron chi connectivity index (χ3n) is 3.50. The standard InChI is InChI=1S/C18H28O2/c1-5-6-7-8-9-16-13-15(10-11-18(16)20-4)17(19)12-14(2)3/h10-11,13-14H,5-9,12H2,1-4H3. The summed E-state index contributed by atoms with van der Waals surface area (Å²) in [6.07, 6.45) is 6.52. The highest BCUT2D eigenvalue weighted by Crippen LogP contribution is 2.23. The molecule has 0 aliphatic carbocycles. The van der Waals surface area contributed by atoms with Crippen LogP contribution < -0.4 is 4.74 Å². The van der Waals surface area contributed by atoms with Crippen molar-refractivity contribution in [3.8, 4) is 5.75 Å². The van der Waals surface area contributed by atoms with E-state index in [2.05, 4.69) is 20.8 Å². The third kappa shape index (κ3) is 5.36. The average molecular weight is 276 g/mol. The molecule has 0 atom stereocenters. The van der Waals surface area contributed by atoms with E-state index < -0.39 is 0 Å². The van der Waals surface area contributed by atoms with E-state index in [0.717, 1.165) is 24.2 Å². The monoisotopic (exact) mass is 276 g/mol. The maximum atomic E-state index is 12.1. The number of carbonyl (C=O) groups is 1. The van der Waals surface area contributed by atoms with Crippen molar-refractivity contribution in [1.29, 1.82) is 0 Å². The molecule has 0 spiro atoms. The lowest BCUT2D eigenvalue weighted by atomic mass is 9.97. The van der Waals surface area contributed by atoms with E-state index in [1.807, 2.05) is 18.2 Å². The highest BCUT2D eigenvalue weighted by atomic mass is 16.5. The first-order valence-corrected chi connectivity index (χ1v) is 7.78. The van der Waals surface area contributed by atoms with E-state index in [1.54, 1.807) is 7.11 Å². The SMILES string of the molecule is CCCCCCc1cc(C(=O)CC(C)C)ccc1OC. The molecule has 0 aromatic heterocycles. The Kier molecular flexibility index (Phi) is 7.35. The topological polar surface area (TPSA) is 26.3 Å². The molecule has 20 heavy (non-hydrogen) atoms. The van der Waals surface area contributed by atoms with Gasteiger partial charge in [0.15, 0.2) is 5.78 Å². The van der Waals surface area contributed by atoms with Crippen LogP contribution in [0.25, 0.3) is 0 Å². The normalized spacial score (nSPS) is 10.8. The zero-order valence-corrected chi connectivity index (χ0v) is 13.4. The van der Waals surface area contributed by atoms with E-state index in [9.17, 15) is 4.79 Å². The number of hydrogen-bond donors (Lipinski definition) is 0. The zero-order chi connectivity index (χ0) is 15.0. The maximum Gasteiger partial charge on any atom is 0.163 e. The molecule has 0 saturated heterocycles. The van der Waals surface area contributed by atoms with Crippen molar-refractivity contribution in [3.63, 3.8) is 0 Å². The highest BCUT2D eigenvalue weighted by molar-refractivity contribution is 5.96. The van der Waals surface area contributed by atoms with Crippen molar-refractivity contribution in [2.75, 3.05) is 7.11 Å². The van der Waals surface area contributed by atoms with Gasteiger partial charge in [-0.1, -0.05) is 40.0 Å². The molecular weight excluding hydrogens is 248 g/mol. The second kappa shape index (κ2) is 8.78. The number of ketones is 1. The van der Waals surface area contributed by atoms with Gasteiger partial charge in [0.05, 0.1) is 7.11 Å². The molecule has 0 bridgehead atoms. The lowest BCUT2D eigenvalue weighted by Gasteiger charge is -2.11. The van der Waals surface area contributed by atoms with Gasteiger partial charge in [-0.2, -0.15) is 0 Å². The van der Waals surface area contributed by atoms with E-state index in [0.29, 0.717) is 12.3 Å². The summed E-state index contributed by atoms with van der Waals surface area (Å²) in [5, 5.41) is 0. The summed E-state index contributed by atoms with van der Waals surface area (Å²) in [5.41, 5.74) is 1.99. The fourth-order valence-electron chi connectivity index (χ4n) is 2.38. The Morgan fingerprint density at radius 2 is 1.95 bits per heavy atom. The lowest BCUT2D eigenvalue weighted by Crippen LogP contribution is -2.05. The molecule has 2 nitrogen and oxygen atoms in total. The summed E-state index contributed by atoms with van der Waals surface area (Å²) in [4.78, 5) is 12.1. The molecule has 1 rings (SSSR count). The van der Waals surface area contributed by atoms with Crippen molar-refractivity contribution in [2.24, 2.45) is 5.92 Å². The molecule has 0 amide bonds. The van der Waals surface area contributed by atoms with Gasteiger partial charge < -0.3 is 4.74 Å². The van der Waals surface area contributed by atoms with Crippen LogP contribution in [0, 0.1) is 5.92 Å². The minimum atomic E-state index is 0.234. The Balaban J connectivity index is 2.77. The number of unbranched alkanes of at least 4 members (excludes halogenated alkanes) is 3. The van der Waals surface area contributed by atoms with Gasteiger partial charge in [-0.3, -0.25) is 4.79 Å². The lowest BCUT2D eigenvalue weighted by molar-refractivity contribution is 0.0967. The predicted molar refractivity (Wildman–Crippen MR) is 84.6 cm³/mol. The van der Waals surface area contributed by atoms with Gasteiger partial charge >= 0.3 is 0 Å². The number of Topliss-reactive ketones (excluding diaryl/α,β-unsaturated/α-hetero) is 1. The second-order valence-electron chi connectivity index (χ2n) is 5.86. The van der Waals surface area contributed by atoms with Crippen LogP contribution in [0.4, 0.5) is 0 Å². The van der Waals surface area contributed by atoms with E-state index >= 15 is 0 Å². The van der Waals surface area contributed by atoms with Crippen LogP contribution in [-0.4, -0.2) is 12.9 Å². The minimum absolute atomic E-state index is 0.234. The summed E-state index contributed by atoms with van der Waals surface area (Å²) in [5.74, 6) is 1.54. The summed E-state index contributed by atoms with van der Waals surface area (Å²) in [7, 11) is 1.69. The number of benzene rings is 1. The van der Waals surface area contributed by atoms with Crippen LogP contribution >= 0.6 is 0 Å². The van der Waals surface area contributed by atoms with Crippen molar-refractivity contribution in [3.05, 3.63) is 29.3 Å². The molecule has 0 N–H and O–H groups in total. The predicted octanol–water partition coefficient (Wildman–Crippen LogP) is 5.05. The summed E-state index contributed by atoms with van der Waals surface area (Å²) >= 11 is 0. The first-order valence-electron chi connectivity index (χ1n) is 7.78. The summed E-state index contributed by atoms with van der Waals surface area (Å²) in [6, 6.07) is 5.84. The van der Waals surface area contributed by atoms with E-state index in [1.165, 1.54) is 24.8 Å². The minimum Gasteiger partial charge on any atom is -0.496 e. The molecule has 1 aromatic rings. The van der Waals surface area contributed by atoms with Gasteiger partial charge in [0.2, 0.25) is 0 Å². The van der Waals surface area contributed by atoms with E-state index in [-0.39, 0.29) is 5.78 Å². The third-order valence-corrected chi connectivity index (χ3v) is 3.50. The van der Waals surface area contributed by atoms with Crippen molar-refractivity contribution < 1.29 is 9.53 Å². The molecule has 0 aliphatic rings. The molecule has 0 fully saturated rings. The Hall–Kier alpha value is -1.31. The molecule has 0 saturated carbocycles. The smallest absolute Gasteiger partial charge is 0.163 e. The van der Waals surface area contributed by atoms with Gasteiger partial charge in [0, 0.05) is 12.0 Å². The summed E-state index contributed by atoms with van der Waals surface area (Å²) < 4.78 is 5.41. The molecule has 0 heterocycles. The number of ether oxygens (including phenoxy) is 1. The van der Waals surface area contributed by atoms with Crippen molar-refractivity contribution >= 4 is 5.78 Å². The molecule has 112 valence electrons. The highest BCUT2D eigenvalue weighted by Gasteiger charge is 2.11. The first kappa shape index (κ1) is 16.7.